The molecule has 1 aliphatic heterocycles. The van der Waals surface area contributed by atoms with Crippen molar-refractivity contribution in [2.24, 2.45) is 5.92 Å². The van der Waals surface area contributed by atoms with Crippen molar-refractivity contribution < 1.29 is 14.4 Å². The Labute approximate surface area is 71.2 Å². The zero-order valence-electron chi connectivity index (χ0n) is 6.71. The van der Waals surface area contributed by atoms with Gasteiger partial charge in [-0.05, 0) is 6.42 Å². The van der Waals surface area contributed by atoms with E-state index in [4.69, 9.17) is 11.2 Å². The Morgan fingerprint density at radius 2 is 2.67 bits per heavy atom. The molecule has 0 aromatic carbocycles. The van der Waals surface area contributed by atoms with E-state index in [9.17, 15) is 4.79 Å². The minimum Gasteiger partial charge on any atom is -0.381 e. The first-order valence-electron chi connectivity index (χ1n) is 3.77. The molecule has 0 spiro atoms. The lowest BCUT2D eigenvalue weighted by Gasteiger charge is -2.06. The van der Waals surface area contributed by atoms with Gasteiger partial charge in [-0.25, -0.2) is 5.48 Å². The normalized spacial score (nSPS) is 21.8. The van der Waals surface area contributed by atoms with Crippen LogP contribution in [0.3, 0.4) is 0 Å². The number of carbonyl (C=O) groups is 1. The van der Waals surface area contributed by atoms with Gasteiger partial charge in [-0.15, -0.1) is 6.42 Å². The summed E-state index contributed by atoms with van der Waals surface area (Å²) in [5, 5.41) is 0. The van der Waals surface area contributed by atoms with Crippen LogP contribution in [0.2, 0.25) is 0 Å². The first kappa shape index (κ1) is 9.04. The van der Waals surface area contributed by atoms with E-state index in [1.54, 1.807) is 0 Å². The summed E-state index contributed by atoms with van der Waals surface area (Å²) in [4.78, 5) is 15.8. The molecule has 0 bridgehead atoms. The SMILES string of the molecule is C#CCONC(=O)C1CCOC1. The summed E-state index contributed by atoms with van der Waals surface area (Å²) in [5.74, 6) is 2.01. The van der Waals surface area contributed by atoms with E-state index in [1.807, 2.05) is 0 Å². The largest absolute Gasteiger partial charge is 0.381 e. The number of carbonyl (C=O) groups excluding carboxylic acids is 1. The van der Waals surface area contributed by atoms with Crippen molar-refractivity contribution in [2.75, 3.05) is 19.8 Å². The van der Waals surface area contributed by atoms with Crippen LogP contribution in [-0.4, -0.2) is 25.7 Å². The van der Waals surface area contributed by atoms with Gasteiger partial charge < -0.3 is 4.74 Å². The van der Waals surface area contributed by atoms with E-state index in [2.05, 4.69) is 16.2 Å². The average molecular weight is 169 g/mol. The van der Waals surface area contributed by atoms with Gasteiger partial charge in [0.2, 0.25) is 5.91 Å². The van der Waals surface area contributed by atoms with E-state index < -0.39 is 0 Å². The van der Waals surface area contributed by atoms with Crippen molar-refractivity contribution >= 4 is 5.91 Å². The fourth-order valence-electron chi connectivity index (χ4n) is 0.974. The number of hydrogen-bond donors (Lipinski definition) is 1. The molecule has 1 unspecified atom stereocenters. The quantitative estimate of drug-likeness (QED) is 0.358. The molecular weight excluding hydrogens is 158 g/mol. The molecule has 1 N–H and O–H groups in total. The van der Waals surface area contributed by atoms with Gasteiger partial charge in [-0.1, -0.05) is 5.92 Å². The van der Waals surface area contributed by atoms with Crippen molar-refractivity contribution in [1.82, 2.24) is 5.48 Å². The van der Waals surface area contributed by atoms with E-state index in [1.165, 1.54) is 0 Å². The molecule has 4 heteroatoms. The molecule has 66 valence electrons. The summed E-state index contributed by atoms with van der Waals surface area (Å²) in [7, 11) is 0. The Morgan fingerprint density at radius 1 is 1.83 bits per heavy atom. The summed E-state index contributed by atoms with van der Waals surface area (Å²) in [5.41, 5.74) is 2.26. The number of hydrogen-bond acceptors (Lipinski definition) is 3. The van der Waals surface area contributed by atoms with E-state index in [0.717, 1.165) is 6.42 Å². The summed E-state index contributed by atoms with van der Waals surface area (Å²) < 4.78 is 5.03. The third kappa shape index (κ3) is 2.53. The standard InChI is InChI=1S/C8H11NO3/c1-2-4-12-9-8(10)7-3-5-11-6-7/h1,7H,3-6H2,(H,9,10). The molecule has 0 radical (unpaired) electrons. The van der Waals surface area contributed by atoms with Crippen molar-refractivity contribution in [1.29, 1.82) is 0 Å². The number of ether oxygens (including phenoxy) is 1. The van der Waals surface area contributed by atoms with Crippen LogP contribution in [0.25, 0.3) is 0 Å². The number of terminal acetylenes is 1. The van der Waals surface area contributed by atoms with Gasteiger partial charge in [-0.2, -0.15) is 0 Å². The Hall–Kier alpha value is -1.05. The smallest absolute Gasteiger partial charge is 0.249 e. The highest BCUT2D eigenvalue weighted by atomic mass is 16.6. The molecule has 0 aromatic heterocycles. The summed E-state index contributed by atoms with van der Waals surface area (Å²) in [6, 6.07) is 0. The summed E-state index contributed by atoms with van der Waals surface area (Å²) in [6.45, 7) is 1.22. The van der Waals surface area contributed by atoms with Crippen LogP contribution >= 0.6 is 0 Å². The van der Waals surface area contributed by atoms with Crippen LogP contribution in [-0.2, 0) is 14.4 Å². The van der Waals surface area contributed by atoms with Gasteiger partial charge in [0.25, 0.3) is 0 Å². The maximum absolute atomic E-state index is 11.1. The Morgan fingerprint density at radius 3 is 3.25 bits per heavy atom. The maximum atomic E-state index is 11.1. The second-order valence-corrected chi connectivity index (χ2v) is 2.52. The van der Waals surface area contributed by atoms with Crippen LogP contribution in [0.1, 0.15) is 6.42 Å². The Bertz CT molecular complexity index is 191. The second kappa shape index (κ2) is 4.75. The predicted octanol–water partition coefficient (Wildman–Crippen LogP) is -0.296. The molecule has 4 nitrogen and oxygen atoms in total. The van der Waals surface area contributed by atoms with Crippen LogP contribution in [0, 0.1) is 18.3 Å². The van der Waals surface area contributed by atoms with Gasteiger partial charge in [0.1, 0.15) is 6.61 Å². The van der Waals surface area contributed by atoms with E-state index in [-0.39, 0.29) is 18.4 Å². The van der Waals surface area contributed by atoms with Crippen LogP contribution in [0.5, 0.6) is 0 Å². The zero-order valence-corrected chi connectivity index (χ0v) is 6.71. The number of nitrogens with one attached hydrogen (secondary N) is 1. The minimum atomic E-state index is -0.150. The second-order valence-electron chi connectivity index (χ2n) is 2.52. The highest BCUT2D eigenvalue weighted by Crippen LogP contribution is 2.11. The van der Waals surface area contributed by atoms with Gasteiger partial charge in [0.05, 0.1) is 12.5 Å². The molecule has 1 amide bonds. The molecule has 1 rings (SSSR count). The Balaban J connectivity index is 2.15. The highest BCUT2D eigenvalue weighted by molar-refractivity contribution is 5.77. The van der Waals surface area contributed by atoms with Crippen molar-refractivity contribution in [3.05, 3.63) is 0 Å². The first-order valence-corrected chi connectivity index (χ1v) is 3.77. The maximum Gasteiger partial charge on any atom is 0.249 e. The molecule has 0 saturated carbocycles. The number of amides is 1. The summed E-state index contributed by atoms with van der Waals surface area (Å²) in [6.07, 6.45) is 5.67. The van der Waals surface area contributed by atoms with Gasteiger partial charge in [0, 0.05) is 6.61 Å². The fraction of sp³-hybridized carbons (Fsp3) is 0.625. The number of rotatable bonds is 3. The fourth-order valence-corrected chi connectivity index (χ4v) is 0.974. The molecule has 1 atom stereocenters. The topological polar surface area (TPSA) is 47.6 Å². The van der Waals surface area contributed by atoms with Crippen molar-refractivity contribution in [2.45, 2.75) is 6.42 Å². The summed E-state index contributed by atoms with van der Waals surface area (Å²) >= 11 is 0. The third-order valence-electron chi connectivity index (χ3n) is 1.63. The molecule has 0 aliphatic carbocycles. The minimum absolute atomic E-state index is 0.0808. The lowest BCUT2D eigenvalue weighted by atomic mass is 10.1. The highest BCUT2D eigenvalue weighted by Gasteiger charge is 2.23. The predicted molar refractivity (Wildman–Crippen MR) is 41.9 cm³/mol. The molecule has 0 aromatic rings. The van der Waals surface area contributed by atoms with Crippen LogP contribution in [0.15, 0.2) is 0 Å². The van der Waals surface area contributed by atoms with Gasteiger partial charge in [0.15, 0.2) is 0 Å². The van der Waals surface area contributed by atoms with E-state index in [0.29, 0.717) is 13.2 Å². The monoisotopic (exact) mass is 169 g/mol. The lowest BCUT2D eigenvalue weighted by Crippen LogP contribution is -2.31. The Kier molecular flexibility index (Phi) is 3.58. The van der Waals surface area contributed by atoms with Crippen molar-refractivity contribution in [3.63, 3.8) is 0 Å². The molecule has 1 fully saturated rings. The molecule has 12 heavy (non-hydrogen) atoms. The van der Waals surface area contributed by atoms with Gasteiger partial charge >= 0.3 is 0 Å². The first-order chi connectivity index (χ1) is 5.84. The zero-order chi connectivity index (χ0) is 8.81. The van der Waals surface area contributed by atoms with Gasteiger partial charge in [-0.3, -0.25) is 9.63 Å². The molecular formula is C8H11NO3. The molecule has 1 aliphatic rings. The van der Waals surface area contributed by atoms with Crippen LogP contribution in [0.4, 0.5) is 0 Å². The van der Waals surface area contributed by atoms with E-state index >= 15 is 0 Å². The van der Waals surface area contributed by atoms with Crippen molar-refractivity contribution in [3.8, 4) is 12.3 Å². The average Bonchev–Trinajstić information content (AvgIpc) is 2.56. The number of hydroxylamine groups is 1. The molecule has 1 saturated heterocycles. The third-order valence-corrected chi connectivity index (χ3v) is 1.63. The molecule has 1 heterocycles. The van der Waals surface area contributed by atoms with Crippen LogP contribution < -0.4 is 5.48 Å². The lowest BCUT2D eigenvalue weighted by molar-refractivity contribution is -0.136.